The molecule has 3 N–H and O–H groups in total. The van der Waals surface area contributed by atoms with E-state index in [1.54, 1.807) is 17.8 Å². The smallest absolute Gasteiger partial charge is 0.217 e. The van der Waals surface area contributed by atoms with Gasteiger partial charge in [-0.05, 0) is 61.2 Å². The number of aryl methyl sites for hydroxylation is 1. The fourth-order valence-electron chi connectivity index (χ4n) is 4.93. The number of amides is 1. The summed E-state index contributed by atoms with van der Waals surface area (Å²) in [5.41, 5.74) is 8.73. The molecule has 1 aliphatic carbocycles. The van der Waals surface area contributed by atoms with Gasteiger partial charge in [-0.15, -0.1) is 0 Å². The van der Waals surface area contributed by atoms with Crippen molar-refractivity contribution in [1.29, 1.82) is 0 Å². The summed E-state index contributed by atoms with van der Waals surface area (Å²) in [4.78, 5) is 29.0. The number of carbonyl (C=O) groups is 1. The van der Waals surface area contributed by atoms with Crippen LogP contribution in [0.4, 0.5) is 5.69 Å². The molecule has 4 heterocycles. The van der Waals surface area contributed by atoms with Crippen molar-refractivity contribution in [2.75, 3.05) is 5.32 Å². The minimum atomic E-state index is 0.00629. The fraction of sp³-hybridized carbons (Fsp3) is 0.222. The molecule has 0 spiro atoms. The van der Waals surface area contributed by atoms with Crippen molar-refractivity contribution in [2.24, 2.45) is 0 Å². The molecule has 5 aromatic rings. The standard InChI is InChI=1S/C27H26N8O/c1-16-5-3-8-23(31-16)27-26(19-9-10-25-29-15-30-35(25)14-19)33-24(34-27)13-28-22-7-4-6-18-11-20(12-21(18)22)32-17(2)36/h3-10,14-15,20,28H,11-13H2,1-2H3,(H,32,36)(H,33,34). The van der Waals surface area contributed by atoms with Crippen LogP contribution in [0.5, 0.6) is 0 Å². The highest BCUT2D eigenvalue weighted by Crippen LogP contribution is 2.31. The molecule has 36 heavy (non-hydrogen) atoms. The van der Waals surface area contributed by atoms with E-state index in [2.05, 4.69) is 43.9 Å². The molecule has 9 heteroatoms. The highest BCUT2D eigenvalue weighted by molar-refractivity contribution is 5.77. The lowest BCUT2D eigenvalue weighted by Crippen LogP contribution is -2.33. The highest BCUT2D eigenvalue weighted by Gasteiger charge is 2.24. The molecular formula is C27H26N8O. The number of H-pyrrole nitrogens is 1. The van der Waals surface area contributed by atoms with Crippen LogP contribution in [-0.4, -0.2) is 41.5 Å². The largest absolute Gasteiger partial charge is 0.378 e. The number of nitrogens with one attached hydrogen (secondary N) is 3. The third-order valence-electron chi connectivity index (χ3n) is 6.49. The molecule has 4 aromatic heterocycles. The lowest BCUT2D eigenvalue weighted by Gasteiger charge is -2.11. The predicted molar refractivity (Wildman–Crippen MR) is 137 cm³/mol. The number of nitrogens with zero attached hydrogens (tertiary/aromatic N) is 5. The van der Waals surface area contributed by atoms with E-state index in [1.807, 2.05) is 43.5 Å². The van der Waals surface area contributed by atoms with Crippen LogP contribution in [0, 0.1) is 6.92 Å². The van der Waals surface area contributed by atoms with Gasteiger partial charge >= 0.3 is 0 Å². The third-order valence-corrected chi connectivity index (χ3v) is 6.49. The molecule has 180 valence electrons. The van der Waals surface area contributed by atoms with Crippen LogP contribution in [0.3, 0.4) is 0 Å². The number of hydrogen-bond donors (Lipinski definition) is 3. The molecule has 0 saturated carbocycles. The Morgan fingerprint density at radius 3 is 2.86 bits per heavy atom. The van der Waals surface area contributed by atoms with Crippen LogP contribution in [-0.2, 0) is 24.2 Å². The Morgan fingerprint density at radius 2 is 2.00 bits per heavy atom. The average Bonchev–Trinajstić information content (AvgIpc) is 3.59. The quantitative estimate of drug-likeness (QED) is 0.343. The molecule has 0 saturated heterocycles. The van der Waals surface area contributed by atoms with Crippen molar-refractivity contribution in [1.82, 2.24) is 34.9 Å². The van der Waals surface area contributed by atoms with Crippen LogP contribution in [0.2, 0.25) is 0 Å². The minimum Gasteiger partial charge on any atom is -0.378 e. The van der Waals surface area contributed by atoms with Gasteiger partial charge in [0.2, 0.25) is 5.91 Å². The summed E-state index contributed by atoms with van der Waals surface area (Å²) in [5.74, 6) is 0.808. The molecule has 1 amide bonds. The number of carbonyl (C=O) groups excluding carboxylic acids is 1. The SMILES string of the molecule is CC(=O)NC1Cc2cccc(NCc3nc(-c4cccc(C)n4)c(-c4ccc5ncnn5c4)[nH]3)c2C1. The van der Waals surface area contributed by atoms with Gasteiger partial charge in [-0.1, -0.05) is 18.2 Å². The van der Waals surface area contributed by atoms with E-state index < -0.39 is 0 Å². The first kappa shape index (κ1) is 22.0. The summed E-state index contributed by atoms with van der Waals surface area (Å²) in [5, 5.41) is 10.9. The van der Waals surface area contributed by atoms with Crippen LogP contribution in [0.25, 0.3) is 28.3 Å². The number of pyridine rings is 2. The van der Waals surface area contributed by atoms with E-state index >= 15 is 0 Å². The number of imidazole rings is 1. The van der Waals surface area contributed by atoms with Gasteiger partial charge < -0.3 is 15.6 Å². The summed E-state index contributed by atoms with van der Waals surface area (Å²) < 4.78 is 1.75. The van der Waals surface area contributed by atoms with Crippen molar-refractivity contribution in [3.8, 4) is 22.6 Å². The lowest BCUT2D eigenvalue weighted by molar-refractivity contribution is -0.119. The second-order valence-electron chi connectivity index (χ2n) is 9.15. The van der Waals surface area contributed by atoms with Crippen molar-refractivity contribution in [2.45, 2.75) is 39.3 Å². The summed E-state index contributed by atoms with van der Waals surface area (Å²) >= 11 is 0. The average molecular weight is 479 g/mol. The monoisotopic (exact) mass is 478 g/mol. The van der Waals surface area contributed by atoms with Gasteiger partial charge in [-0.3, -0.25) is 9.78 Å². The number of rotatable bonds is 6. The topological polar surface area (TPSA) is 113 Å². The van der Waals surface area contributed by atoms with Crippen molar-refractivity contribution < 1.29 is 4.79 Å². The Bertz CT molecular complexity index is 1580. The van der Waals surface area contributed by atoms with Gasteiger partial charge in [0.05, 0.1) is 17.9 Å². The Balaban J connectivity index is 1.32. The molecule has 9 nitrogen and oxygen atoms in total. The highest BCUT2D eigenvalue weighted by atomic mass is 16.1. The normalized spacial score (nSPS) is 14.7. The summed E-state index contributed by atoms with van der Waals surface area (Å²) in [6.07, 6.45) is 5.15. The molecule has 0 aliphatic heterocycles. The molecular weight excluding hydrogens is 452 g/mol. The van der Waals surface area contributed by atoms with E-state index in [1.165, 1.54) is 11.1 Å². The molecule has 1 aromatic carbocycles. The second-order valence-corrected chi connectivity index (χ2v) is 9.15. The van der Waals surface area contributed by atoms with E-state index in [4.69, 9.17) is 9.97 Å². The number of fused-ring (bicyclic) bond motifs is 2. The Hall–Kier alpha value is -4.53. The Kier molecular flexibility index (Phi) is 5.44. The fourth-order valence-corrected chi connectivity index (χ4v) is 4.93. The zero-order chi connectivity index (χ0) is 24.6. The van der Waals surface area contributed by atoms with Crippen LogP contribution < -0.4 is 10.6 Å². The number of benzene rings is 1. The van der Waals surface area contributed by atoms with E-state index in [9.17, 15) is 4.79 Å². The molecule has 0 radical (unpaired) electrons. The first-order chi connectivity index (χ1) is 17.5. The predicted octanol–water partition coefficient (Wildman–Crippen LogP) is 3.71. The molecule has 0 bridgehead atoms. The molecule has 1 aliphatic rings. The van der Waals surface area contributed by atoms with Crippen molar-refractivity contribution in [3.63, 3.8) is 0 Å². The third kappa shape index (κ3) is 4.19. The van der Waals surface area contributed by atoms with Gasteiger partial charge in [0, 0.05) is 36.1 Å². The molecule has 1 unspecified atom stereocenters. The number of aromatic nitrogens is 6. The Labute approximate surface area is 208 Å². The maximum Gasteiger partial charge on any atom is 0.217 e. The second kappa shape index (κ2) is 8.92. The van der Waals surface area contributed by atoms with Gasteiger partial charge in [0.1, 0.15) is 17.8 Å². The van der Waals surface area contributed by atoms with Gasteiger partial charge in [0.25, 0.3) is 0 Å². The van der Waals surface area contributed by atoms with Crippen LogP contribution in [0.1, 0.15) is 29.6 Å². The first-order valence-corrected chi connectivity index (χ1v) is 12.0. The number of hydrogen-bond acceptors (Lipinski definition) is 6. The Morgan fingerprint density at radius 1 is 1.11 bits per heavy atom. The lowest BCUT2D eigenvalue weighted by atomic mass is 10.1. The van der Waals surface area contributed by atoms with Crippen LogP contribution in [0.15, 0.2) is 61.1 Å². The summed E-state index contributed by atoms with van der Waals surface area (Å²) in [6.45, 7) is 4.06. The van der Waals surface area contributed by atoms with Gasteiger partial charge in [0.15, 0.2) is 5.65 Å². The van der Waals surface area contributed by atoms with Gasteiger partial charge in [-0.2, -0.15) is 5.10 Å². The summed E-state index contributed by atoms with van der Waals surface area (Å²) in [7, 11) is 0. The summed E-state index contributed by atoms with van der Waals surface area (Å²) in [6, 6.07) is 16.3. The molecule has 0 fully saturated rings. The van der Waals surface area contributed by atoms with Crippen molar-refractivity contribution in [3.05, 3.63) is 83.7 Å². The van der Waals surface area contributed by atoms with E-state index in [-0.39, 0.29) is 11.9 Å². The maximum absolute atomic E-state index is 11.5. The van der Waals surface area contributed by atoms with Crippen molar-refractivity contribution >= 4 is 17.2 Å². The van der Waals surface area contributed by atoms with E-state index in [0.717, 1.165) is 58.3 Å². The van der Waals surface area contributed by atoms with E-state index in [0.29, 0.717) is 6.54 Å². The number of anilines is 1. The maximum atomic E-state index is 11.5. The minimum absolute atomic E-state index is 0.00629. The molecule has 1 atom stereocenters. The molecule has 6 rings (SSSR count). The first-order valence-electron chi connectivity index (χ1n) is 12.0. The van der Waals surface area contributed by atoms with Gasteiger partial charge in [-0.25, -0.2) is 14.5 Å². The number of aromatic amines is 1. The zero-order valence-corrected chi connectivity index (χ0v) is 20.1. The van der Waals surface area contributed by atoms with Crippen LogP contribution >= 0.6 is 0 Å². The zero-order valence-electron chi connectivity index (χ0n) is 20.1.